The topological polar surface area (TPSA) is 15.5 Å². The van der Waals surface area contributed by atoms with Gasteiger partial charge in [-0.1, -0.05) is 95.4 Å². The molecular formula is C28H31IN2O. The fourth-order valence-electron chi connectivity index (χ4n) is 3.99. The van der Waals surface area contributed by atoms with E-state index in [1.807, 2.05) is 0 Å². The standard InChI is InChI=1S/C28H31IN2O/c1-30(2)19-20-32-25-15-13-24(14-16-25)27(22-9-5-3-6-10-22)28(23-11-7-4-8-12-23)26(21-29)31-17-18-31/h3-16,26H,17-21H2,1-2H3/b28-27+. The van der Waals surface area contributed by atoms with E-state index in [0.29, 0.717) is 12.6 Å². The van der Waals surface area contributed by atoms with Gasteiger partial charge in [-0.15, -0.1) is 0 Å². The first kappa shape index (κ1) is 23.0. The Balaban J connectivity index is 1.81. The van der Waals surface area contributed by atoms with E-state index >= 15 is 0 Å². The summed E-state index contributed by atoms with van der Waals surface area (Å²) in [7, 11) is 4.13. The van der Waals surface area contributed by atoms with Crippen LogP contribution in [0.25, 0.3) is 11.1 Å². The second kappa shape index (κ2) is 11.1. The van der Waals surface area contributed by atoms with E-state index in [1.165, 1.54) is 40.9 Å². The maximum Gasteiger partial charge on any atom is 0.119 e. The average Bonchev–Trinajstić information content (AvgIpc) is 3.66. The van der Waals surface area contributed by atoms with Crippen molar-refractivity contribution in [3.8, 4) is 5.75 Å². The van der Waals surface area contributed by atoms with Crippen molar-refractivity contribution in [1.82, 2.24) is 9.80 Å². The van der Waals surface area contributed by atoms with Crippen molar-refractivity contribution in [2.75, 3.05) is 44.8 Å². The van der Waals surface area contributed by atoms with Crippen LogP contribution in [0.3, 0.4) is 0 Å². The first-order valence-corrected chi connectivity index (χ1v) is 12.7. The Kier molecular flexibility index (Phi) is 8.00. The second-order valence-electron chi connectivity index (χ2n) is 8.40. The smallest absolute Gasteiger partial charge is 0.119 e. The lowest BCUT2D eigenvalue weighted by Crippen LogP contribution is -2.23. The van der Waals surface area contributed by atoms with Crippen molar-refractivity contribution in [2.45, 2.75) is 6.04 Å². The molecule has 1 saturated heterocycles. The zero-order chi connectivity index (χ0) is 22.3. The number of alkyl halides is 1. The van der Waals surface area contributed by atoms with Crippen molar-refractivity contribution >= 4 is 33.7 Å². The Morgan fingerprint density at radius 3 is 1.94 bits per heavy atom. The van der Waals surface area contributed by atoms with Gasteiger partial charge in [0, 0.05) is 30.1 Å². The van der Waals surface area contributed by atoms with E-state index in [0.717, 1.165) is 16.7 Å². The minimum atomic E-state index is 0.393. The third-order valence-electron chi connectivity index (χ3n) is 5.77. The first-order chi connectivity index (χ1) is 15.7. The molecule has 1 fully saturated rings. The molecule has 4 rings (SSSR count). The Hall–Kier alpha value is -2.15. The molecule has 32 heavy (non-hydrogen) atoms. The highest BCUT2D eigenvalue weighted by Gasteiger charge is 2.32. The summed E-state index contributed by atoms with van der Waals surface area (Å²) >= 11 is 2.54. The molecule has 3 aromatic carbocycles. The van der Waals surface area contributed by atoms with Gasteiger partial charge >= 0.3 is 0 Å². The van der Waals surface area contributed by atoms with Crippen LogP contribution in [0, 0.1) is 0 Å². The lowest BCUT2D eigenvalue weighted by Gasteiger charge is -2.25. The molecule has 1 aliphatic heterocycles. The highest BCUT2D eigenvalue weighted by Crippen LogP contribution is 2.38. The van der Waals surface area contributed by atoms with Gasteiger partial charge in [-0.2, -0.15) is 0 Å². The summed E-state index contributed by atoms with van der Waals surface area (Å²) in [4.78, 5) is 4.70. The molecule has 1 atom stereocenters. The maximum absolute atomic E-state index is 5.95. The number of benzene rings is 3. The molecule has 0 amide bonds. The van der Waals surface area contributed by atoms with Crippen LogP contribution < -0.4 is 4.74 Å². The Labute approximate surface area is 205 Å². The third kappa shape index (κ3) is 5.80. The van der Waals surface area contributed by atoms with Crippen molar-refractivity contribution in [1.29, 1.82) is 0 Å². The van der Waals surface area contributed by atoms with Crippen LogP contribution in [0.5, 0.6) is 5.75 Å². The summed E-state index contributed by atoms with van der Waals surface area (Å²) in [6, 6.07) is 30.7. The fraction of sp³-hybridized carbons (Fsp3) is 0.286. The molecule has 0 spiro atoms. The Morgan fingerprint density at radius 2 is 1.41 bits per heavy atom. The summed E-state index contributed by atoms with van der Waals surface area (Å²) in [5.41, 5.74) is 6.50. The van der Waals surface area contributed by atoms with Crippen LogP contribution in [0.15, 0.2) is 84.9 Å². The van der Waals surface area contributed by atoms with Gasteiger partial charge in [0.1, 0.15) is 12.4 Å². The number of ether oxygens (including phenoxy) is 1. The molecule has 0 N–H and O–H groups in total. The van der Waals surface area contributed by atoms with Crippen LogP contribution in [-0.4, -0.2) is 60.6 Å². The Bertz CT molecular complexity index is 1010. The summed E-state index contributed by atoms with van der Waals surface area (Å²) in [6.45, 7) is 3.94. The molecule has 166 valence electrons. The number of hydrogen-bond donors (Lipinski definition) is 0. The molecule has 0 saturated carbocycles. The van der Waals surface area contributed by atoms with Crippen LogP contribution in [0.4, 0.5) is 0 Å². The van der Waals surface area contributed by atoms with E-state index in [9.17, 15) is 0 Å². The molecular weight excluding hydrogens is 507 g/mol. The van der Waals surface area contributed by atoms with Crippen molar-refractivity contribution in [2.24, 2.45) is 0 Å². The summed E-state index contributed by atoms with van der Waals surface area (Å²) in [5, 5.41) is 0. The fourth-order valence-corrected chi connectivity index (χ4v) is 4.99. The summed E-state index contributed by atoms with van der Waals surface area (Å²) < 4.78 is 7.01. The average molecular weight is 538 g/mol. The van der Waals surface area contributed by atoms with Gasteiger partial charge in [0.25, 0.3) is 0 Å². The van der Waals surface area contributed by atoms with E-state index in [4.69, 9.17) is 4.74 Å². The molecule has 0 radical (unpaired) electrons. The molecule has 0 aromatic heterocycles. The SMILES string of the molecule is CN(C)CCOc1ccc(/C(=C(\c2ccccc2)C(CI)N2CC2)c2ccccc2)cc1. The third-order valence-corrected chi connectivity index (χ3v) is 6.60. The van der Waals surface area contributed by atoms with Crippen LogP contribution in [-0.2, 0) is 0 Å². The molecule has 1 heterocycles. The minimum absolute atomic E-state index is 0.393. The number of likely N-dealkylation sites (N-methyl/N-ethyl adjacent to an activating group) is 1. The van der Waals surface area contributed by atoms with Gasteiger partial charge < -0.3 is 9.64 Å². The van der Waals surface area contributed by atoms with Crippen LogP contribution in [0.1, 0.15) is 16.7 Å². The predicted octanol–water partition coefficient (Wildman–Crippen LogP) is 5.71. The predicted molar refractivity (Wildman–Crippen MR) is 144 cm³/mol. The van der Waals surface area contributed by atoms with Gasteiger partial charge in [0.15, 0.2) is 0 Å². The van der Waals surface area contributed by atoms with Crippen LogP contribution in [0.2, 0.25) is 0 Å². The minimum Gasteiger partial charge on any atom is -0.492 e. The lowest BCUT2D eigenvalue weighted by atomic mass is 9.86. The Morgan fingerprint density at radius 1 is 0.844 bits per heavy atom. The zero-order valence-electron chi connectivity index (χ0n) is 18.9. The van der Waals surface area contributed by atoms with E-state index in [-0.39, 0.29) is 0 Å². The molecule has 4 heteroatoms. The molecule has 3 nitrogen and oxygen atoms in total. The van der Waals surface area contributed by atoms with Crippen molar-refractivity contribution in [3.05, 3.63) is 102 Å². The first-order valence-electron chi connectivity index (χ1n) is 11.2. The van der Waals surface area contributed by atoms with Gasteiger partial charge in [0.2, 0.25) is 0 Å². The second-order valence-corrected chi connectivity index (χ2v) is 9.28. The largest absolute Gasteiger partial charge is 0.492 e. The van der Waals surface area contributed by atoms with E-state index in [2.05, 4.69) is 131 Å². The van der Waals surface area contributed by atoms with Crippen molar-refractivity contribution < 1.29 is 4.74 Å². The maximum atomic E-state index is 5.95. The number of halogens is 1. The summed E-state index contributed by atoms with van der Waals surface area (Å²) in [6.07, 6.45) is 0. The molecule has 0 bridgehead atoms. The van der Waals surface area contributed by atoms with E-state index < -0.39 is 0 Å². The summed E-state index contributed by atoms with van der Waals surface area (Å²) in [5.74, 6) is 0.917. The van der Waals surface area contributed by atoms with Crippen LogP contribution >= 0.6 is 22.6 Å². The monoisotopic (exact) mass is 538 g/mol. The quantitative estimate of drug-likeness (QED) is 0.143. The molecule has 0 aliphatic carbocycles. The van der Waals surface area contributed by atoms with Gasteiger partial charge in [-0.3, -0.25) is 4.90 Å². The molecule has 3 aromatic rings. The van der Waals surface area contributed by atoms with Gasteiger partial charge in [-0.05, 0) is 54.1 Å². The van der Waals surface area contributed by atoms with Crippen molar-refractivity contribution in [3.63, 3.8) is 0 Å². The van der Waals surface area contributed by atoms with E-state index in [1.54, 1.807) is 0 Å². The molecule has 1 aliphatic rings. The number of nitrogens with zero attached hydrogens (tertiary/aromatic N) is 2. The van der Waals surface area contributed by atoms with Gasteiger partial charge in [-0.25, -0.2) is 0 Å². The lowest BCUT2D eigenvalue weighted by molar-refractivity contribution is 0.261. The normalized spacial score (nSPS) is 15.4. The molecule has 1 unspecified atom stereocenters. The van der Waals surface area contributed by atoms with Gasteiger partial charge in [0.05, 0.1) is 0 Å². The number of hydrogen-bond acceptors (Lipinski definition) is 3. The highest BCUT2D eigenvalue weighted by atomic mass is 127. The zero-order valence-corrected chi connectivity index (χ0v) is 21.0. The number of rotatable bonds is 10. The highest BCUT2D eigenvalue weighted by molar-refractivity contribution is 14.1.